The number of ether oxygens (including phenoxy) is 1. The summed E-state index contributed by atoms with van der Waals surface area (Å²) < 4.78 is 5.26. The van der Waals surface area contributed by atoms with Crippen LogP contribution in [0.2, 0.25) is 0 Å². The van der Waals surface area contributed by atoms with Gasteiger partial charge in [-0.1, -0.05) is 12.1 Å². The van der Waals surface area contributed by atoms with E-state index in [-0.39, 0.29) is 0 Å². The smallest absolute Gasteiger partial charge is 0.118 e. The third-order valence-electron chi connectivity index (χ3n) is 3.94. The van der Waals surface area contributed by atoms with Crippen LogP contribution in [-0.2, 0) is 0 Å². The van der Waals surface area contributed by atoms with E-state index in [9.17, 15) is 0 Å². The molecule has 2 aromatic rings. The Kier molecular flexibility index (Phi) is 4.73. The molecule has 0 amide bonds. The quantitative estimate of drug-likeness (QED) is 0.811. The SMILES string of the molecule is COc1ccc(/C(=C\c2ccsc2)CN2CCCC2)cc1. The van der Waals surface area contributed by atoms with Gasteiger partial charge in [0.05, 0.1) is 7.11 Å². The molecular formula is C18H21NOS. The molecule has 3 rings (SSSR count). The summed E-state index contributed by atoms with van der Waals surface area (Å²) in [5.41, 5.74) is 3.97. The van der Waals surface area contributed by atoms with E-state index in [1.807, 2.05) is 12.1 Å². The lowest BCUT2D eigenvalue weighted by Crippen LogP contribution is -2.21. The van der Waals surface area contributed by atoms with E-state index in [4.69, 9.17) is 4.74 Å². The predicted molar refractivity (Wildman–Crippen MR) is 90.9 cm³/mol. The molecule has 0 unspecified atom stereocenters. The Morgan fingerprint density at radius 1 is 1.19 bits per heavy atom. The van der Waals surface area contributed by atoms with E-state index < -0.39 is 0 Å². The zero-order chi connectivity index (χ0) is 14.5. The van der Waals surface area contributed by atoms with E-state index in [0.29, 0.717) is 0 Å². The largest absolute Gasteiger partial charge is 0.497 e. The summed E-state index contributed by atoms with van der Waals surface area (Å²) in [6, 6.07) is 10.6. The third-order valence-corrected chi connectivity index (χ3v) is 4.64. The number of likely N-dealkylation sites (tertiary alicyclic amines) is 1. The van der Waals surface area contributed by atoms with Crippen molar-refractivity contribution in [1.82, 2.24) is 4.90 Å². The lowest BCUT2D eigenvalue weighted by Gasteiger charge is -2.18. The second-order valence-corrected chi connectivity index (χ2v) is 6.22. The van der Waals surface area contributed by atoms with Gasteiger partial charge in [-0.2, -0.15) is 11.3 Å². The first-order valence-electron chi connectivity index (χ1n) is 7.45. The minimum atomic E-state index is 0.912. The van der Waals surface area contributed by atoms with Gasteiger partial charge in [-0.25, -0.2) is 0 Å². The normalized spacial score (nSPS) is 16.3. The molecule has 1 aromatic carbocycles. The summed E-state index contributed by atoms with van der Waals surface area (Å²) in [4.78, 5) is 2.54. The second kappa shape index (κ2) is 6.92. The Morgan fingerprint density at radius 2 is 1.95 bits per heavy atom. The minimum absolute atomic E-state index is 0.912. The fourth-order valence-corrected chi connectivity index (χ4v) is 3.38. The van der Waals surface area contributed by atoms with Crippen molar-refractivity contribution in [3.63, 3.8) is 0 Å². The van der Waals surface area contributed by atoms with E-state index >= 15 is 0 Å². The van der Waals surface area contributed by atoms with E-state index in [2.05, 4.69) is 39.9 Å². The van der Waals surface area contributed by atoms with Crippen LogP contribution < -0.4 is 4.74 Å². The maximum atomic E-state index is 5.26. The van der Waals surface area contributed by atoms with Crippen LogP contribution in [0, 0.1) is 0 Å². The average Bonchev–Trinajstić information content (AvgIpc) is 3.20. The molecular weight excluding hydrogens is 278 g/mol. The molecule has 2 heterocycles. The minimum Gasteiger partial charge on any atom is -0.497 e. The second-order valence-electron chi connectivity index (χ2n) is 5.44. The fraction of sp³-hybridized carbons (Fsp3) is 0.333. The van der Waals surface area contributed by atoms with Crippen LogP contribution in [0.25, 0.3) is 11.6 Å². The van der Waals surface area contributed by atoms with E-state index in [1.165, 1.54) is 42.6 Å². The van der Waals surface area contributed by atoms with Crippen LogP contribution in [0.1, 0.15) is 24.0 Å². The topological polar surface area (TPSA) is 12.5 Å². The van der Waals surface area contributed by atoms with Crippen molar-refractivity contribution in [3.8, 4) is 5.75 Å². The van der Waals surface area contributed by atoms with Crippen molar-refractivity contribution >= 4 is 23.0 Å². The number of rotatable bonds is 5. The van der Waals surface area contributed by atoms with Crippen molar-refractivity contribution in [2.75, 3.05) is 26.7 Å². The average molecular weight is 299 g/mol. The van der Waals surface area contributed by atoms with Crippen molar-refractivity contribution in [1.29, 1.82) is 0 Å². The number of hydrogen-bond acceptors (Lipinski definition) is 3. The number of thiophene rings is 1. The van der Waals surface area contributed by atoms with Crippen LogP contribution in [-0.4, -0.2) is 31.6 Å². The molecule has 21 heavy (non-hydrogen) atoms. The first-order chi connectivity index (χ1) is 10.3. The molecule has 1 saturated heterocycles. The summed E-state index contributed by atoms with van der Waals surface area (Å²) in [7, 11) is 1.71. The van der Waals surface area contributed by atoms with Gasteiger partial charge in [-0.15, -0.1) is 0 Å². The highest BCUT2D eigenvalue weighted by molar-refractivity contribution is 7.08. The molecule has 1 fully saturated rings. The summed E-state index contributed by atoms with van der Waals surface area (Å²) in [6.45, 7) is 3.47. The zero-order valence-corrected chi connectivity index (χ0v) is 13.2. The van der Waals surface area contributed by atoms with E-state index in [1.54, 1.807) is 18.4 Å². The molecule has 1 aliphatic rings. The molecule has 2 nitrogen and oxygen atoms in total. The molecule has 0 spiro atoms. The first-order valence-corrected chi connectivity index (χ1v) is 8.39. The Balaban J connectivity index is 1.86. The number of benzene rings is 1. The van der Waals surface area contributed by atoms with Crippen LogP contribution in [0.5, 0.6) is 5.75 Å². The van der Waals surface area contributed by atoms with Crippen molar-refractivity contribution in [3.05, 3.63) is 52.2 Å². The van der Waals surface area contributed by atoms with Crippen molar-refractivity contribution in [2.24, 2.45) is 0 Å². The van der Waals surface area contributed by atoms with Gasteiger partial charge in [-0.05, 0) is 77.7 Å². The van der Waals surface area contributed by atoms with Gasteiger partial charge < -0.3 is 4.74 Å². The van der Waals surface area contributed by atoms with E-state index in [0.717, 1.165) is 12.3 Å². The zero-order valence-electron chi connectivity index (χ0n) is 12.4. The highest BCUT2D eigenvalue weighted by Crippen LogP contribution is 2.24. The summed E-state index contributed by atoms with van der Waals surface area (Å²) >= 11 is 1.75. The Morgan fingerprint density at radius 3 is 2.57 bits per heavy atom. The standard InChI is InChI=1S/C18H21NOS/c1-20-18-6-4-16(5-7-18)17(12-15-8-11-21-14-15)13-19-9-2-3-10-19/h4-8,11-12,14H,2-3,9-10,13H2,1H3/b17-12-. The molecule has 0 radical (unpaired) electrons. The van der Waals surface area contributed by atoms with Crippen molar-refractivity contribution in [2.45, 2.75) is 12.8 Å². The molecule has 0 aliphatic carbocycles. The first kappa shape index (κ1) is 14.4. The van der Waals surface area contributed by atoms with Crippen LogP contribution in [0.15, 0.2) is 41.1 Å². The highest BCUT2D eigenvalue weighted by atomic mass is 32.1. The summed E-state index contributed by atoms with van der Waals surface area (Å²) in [5.74, 6) is 0.912. The van der Waals surface area contributed by atoms with Crippen LogP contribution in [0.3, 0.4) is 0 Å². The van der Waals surface area contributed by atoms with Gasteiger partial charge >= 0.3 is 0 Å². The Labute approximate surface area is 130 Å². The maximum Gasteiger partial charge on any atom is 0.118 e. The van der Waals surface area contributed by atoms with Crippen LogP contribution >= 0.6 is 11.3 Å². The molecule has 0 N–H and O–H groups in total. The molecule has 3 heteroatoms. The summed E-state index contributed by atoms with van der Waals surface area (Å²) in [6.07, 6.45) is 4.97. The molecule has 0 saturated carbocycles. The highest BCUT2D eigenvalue weighted by Gasteiger charge is 2.14. The summed E-state index contributed by atoms with van der Waals surface area (Å²) in [5, 5.41) is 4.33. The van der Waals surface area contributed by atoms with Gasteiger partial charge in [0, 0.05) is 6.54 Å². The van der Waals surface area contributed by atoms with Crippen molar-refractivity contribution < 1.29 is 4.74 Å². The van der Waals surface area contributed by atoms with Gasteiger partial charge in [0.25, 0.3) is 0 Å². The lowest BCUT2D eigenvalue weighted by atomic mass is 10.0. The van der Waals surface area contributed by atoms with Crippen LogP contribution in [0.4, 0.5) is 0 Å². The van der Waals surface area contributed by atoms with Gasteiger partial charge in [0.2, 0.25) is 0 Å². The third kappa shape index (κ3) is 3.74. The number of hydrogen-bond donors (Lipinski definition) is 0. The molecule has 110 valence electrons. The molecule has 1 aliphatic heterocycles. The fourth-order valence-electron chi connectivity index (χ4n) is 2.77. The monoisotopic (exact) mass is 299 g/mol. The predicted octanol–water partition coefficient (Wildman–Crippen LogP) is 4.39. The van der Waals surface area contributed by atoms with Gasteiger partial charge in [-0.3, -0.25) is 4.90 Å². The molecule has 1 aromatic heterocycles. The van der Waals surface area contributed by atoms with Gasteiger partial charge in [0.15, 0.2) is 0 Å². The number of nitrogens with zero attached hydrogens (tertiary/aromatic N) is 1. The molecule has 0 atom stereocenters. The Bertz CT molecular complexity index is 580. The Hall–Kier alpha value is -1.58. The maximum absolute atomic E-state index is 5.26. The number of methoxy groups -OCH3 is 1. The lowest BCUT2D eigenvalue weighted by molar-refractivity contribution is 0.383. The van der Waals surface area contributed by atoms with Gasteiger partial charge in [0.1, 0.15) is 5.75 Å². The molecule has 0 bridgehead atoms.